The topological polar surface area (TPSA) is 46.2 Å². The van der Waals surface area contributed by atoms with Gasteiger partial charge in [-0.15, -0.1) is 0 Å². The molecule has 0 heterocycles. The smallest absolute Gasteiger partial charge is 0.416 e. The molecule has 0 saturated heterocycles. The van der Waals surface area contributed by atoms with Crippen molar-refractivity contribution in [3.8, 4) is 0 Å². The first kappa shape index (κ1) is 10.6. The van der Waals surface area contributed by atoms with Crippen LogP contribution < -0.4 is 5.73 Å². The third-order valence-corrected chi connectivity index (χ3v) is 0.981. The second-order valence-corrected chi connectivity index (χ2v) is 1.92. The monoisotopic (exact) mass is 179 g/mol. The summed E-state index contributed by atoms with van der Waals surface area (Å²) in [6, 6.07) is 0. The van der Waals surface area contributed by atoms with E-state index < -0.39 is 17.6 Å². The van der Waals surface area contributed by atoms with Gasteiger partial charge in [0, 0.05) is 0 Å². The zero-order valence-corrected chi connectivity index (χ0v) is 6.10. The molecule has 0 aromatic heterocycles. The van der Waals surface area contributed by atoms with Crippen molar-refractivity contribution < 1.29 is 18.3 Å². The van der Waals surface area contributed by atoms with Crippen LogP contribution in [0.4, 0.5) is 13.2 Å². The van der Waals surface area contributed by atoms with Gasteiger partial charge in [-0.05, 0) is 12.2 Å². The summed E-state index contributed by atoms with van der Waals surface area (Å²) >= 11 is 0. The lowest BCUT2D eigenvalue weighted by atomic mass is 10.2. The molecule has 0 aliphatic rings. The number of aliphatic hydroxyl groups is 1. The molecule has 0 aliphatic heterocycles. The van der Waals surface area contributed by atoms with Gasteiger partial charge in [-0.3, -0.25) is 0 Å². The minimum atomic E-state index is -4.46. The summed E-state index contributed by atoms with van der Waals surface area (Å²) in [7, 11) is 0. The van der Waals surface area contributed by atoms with E-state index in [1.807, 2.05) is 0 Å². The predicted octanol–water partition coefficient (Wildman–Crippen LogP) is 2.02. The number of hydrogen-bond donors (Lipinski definition) is 2. The fourth-order valence-corrected chi connectivity index (χ4v) is 0.453. The van der Waals surface area contributed by atoms with Crippen LogP contribution in [0.3, 0.4) is 0 Å². The molecule has 0 bridgehead atoms. The molecule has 0 radical (unpaired) electrons. The maximum Gasteiger partial charge on any atom is 0.416 e. The van der Waals surface area contributed by atoms with E-state index in [4.69, 9.17) is 10.8 Å². The number of aliphatic hydroxyl groups excluding tert-OH is 1. The first-order chi connectivity index (χ1) is 5.38. The quantitative estimate of drug-likeness (QED) is 0.503. The van der Waals surface area contributed by atoms with Crippen molar-refractivity contribution in [2.45, 2.75) is 6.18 Å². The van der Waals surface area contributed by atoms with Crippen LogP contribution in [0.1, 0.15) is 0 Å². The van der Waals surface area contributed by atoms with Crippen LogP contribution in [0.5, 0.6) is 0 Å². The Bertz CT molecular complexity index is 223. The third-order valence-electron chi connectivity index (χ3n) is 0.981. The molecule has 0 aromatic rings. The van der Waals surface area contributed by atoms with Gasteiger partial charge in [0.1, 0.15) is 0 Å². The highest BCUT2D eigenvalue weighted by Crippen LogP contribution is 2.25. The number of rotatable bonds is 2. The first-order valence-corrected chi connectivity index (χ1v) is 2.94. The van der Waals surface area contributed by atoms with E-state index in [9.17, 15) is 13.2 Å². The van der Waals surface area contributed by atoms with Crippen LogP contribution in [0.15, 0.2) is 36.3 Å². The predicted molar refractivity (Wildman–Crippen MR) is 39.2 cm³/mol. The van der Waals surface area contributed by atoms with E-state index >= 15 is 0 Å². The summed E-state index contributed by atoms with van der Waals surface area (Å²) < 4.78 is 35.6. The Labute approximate surface area is 67.5 Å². The Morgan fingerprint density at radius 2 is 1.83 bits per heavy atom. The van der Waals surface area contributed by atoms with Crippen molar-refractivity contribution in [3.05, 3.63) is 36.3 Å². The molecule has 0 aliphatic carbocycles. The second-order valence-electron chi connectivity index (χ2n) is 1.92. The van der Waals surface area contributed by atoms with Crippen LogP contribution in [0.2, 0.25) is 0 Å². The highest BCUT2D eigenvalue weighted by atomic mass is 19.4. The maximum atomic E-state index is 11.9. The summed E-state index contributed by atoms with van der Waals surface area (Å²) in [5, 5.41) is 8.36. The van der Waals surface area contributed by atoms with Crippen molar-refractivity contribution in [3.63, 3.8) is 0 Å². The van der Waals surface area contributed by atoms with E-state index in [0.717, 1.165) is 6.08 Å². The zero-order chi connectivity index (χ0) is 9.78. The molecule has 0 fully saturated rings. The lowest BCUT2D eigenvalue weighted by Crippen LogP contribution is -2.09. The van der Waals surface area contributed by atoms with Crippen molar-refractivity contribution >= 4 is 0 Å². The fourth-order valence-electron chi connectivity index (χ4n) is 0.453. The molecule has 2 nitrogen and oxygen atoms in total. The van der Waals surface area contributed by atoms with Gasteiger partial charge in [0.05, 0.1) is 5.57 Å². The van der Waals surface area contributed by atoms with Gasteiger partial charge >= 0.3 is 6.18 Å². The number of nitrogens with two attached hydrogens (primary N) is 1. The SMILES string of the molecule is C=C/C(=C\C=C(/N)O)C(F)(F)F. The molecular formula is C7H8F3NO. The molecule has 0 spiro atoms. The van der Waals surface area contributed by atoms with Crippen LogP contribution in [0, 0.1) is 0 Å². The van der Waals surface area contributed by atoms with Crippen LogP contribution in [-0.4, -0.2) is 11.3 Å². The molecule has 0 rings (SSSR count). The summed E-state index contributed by atoms with van der Waals surface area (Å²) in [6.07, 6.45) is -2.44. The van der Waals surface area contributed by atoms with E-state index in [2.05, 4.69) is 6.58 Å². The summed E-state index contributed by atoms with van der Waals surface area (Å²) in [5.74, 6) is -0.682. The molecule has 0 amide bonds. The van der Waals surface area contributed by atoms with Gasteiger partial charge in [-0.2, -0.15) is 13.2 Å². The van der Waals surface area contributed by atoms with E-state index in [0.29, 0.717) is 12.2 Å². The lowest BCUT2D eigenvalue weighted by molar-refractivity contribution is -0.0881. The fraction of sp³-hybridized carbons (Fsp3) is 0.143. The molecule has 68 valence electrons. The maximum absolute atomic E-state index is 11.9. The molecule has 5 heteroatoms. The lowest BCUT2D eigenvalue weighted by Gasteiger charge is -2.04. The first-order valence-electron chi connectivity index (χ1n) is 2.94. The van der Waals surface area contributed by atoms with E-state index in [-0.39, 0.29) is 0 Å². The minimum absolute atomic E-state index is 0.638. The van der Waals surface area contributed by atoms with Gasteiger partial charge in [0.25, 0.3) is 0 Å². The summed E-state index contributed by atoms with van der Waals surface area (Å²) in [4.78, 5) is 0. The highest BCUT2D eigenvalue weighted by molar-refractivity contribution is 5.26. The van der Waals surface area contributed by atoms with Crippen molar-refractivity contribution in [1.29, 1.82) is 0 Å². The Morgan fingerprint density at radius 1 is 1.33 bits per heavy atom. The normalized spacial score (nSPS) is 14.6. The van der Waals surface area contributed by atoms with E-state index in [1.165, 1.54) is 0 Å². The van der Waals surface area contributed by atoms with Crippen molar-refractivity contribution in [2.24, 2.45) is 5.73 Å². The van der Waals surface area contributed by atoms with Crippen molar-refractivity contribution in [1.82, 2.24) is 0 Å². The molecule has 0 aromatic carbocycles. The van der Waals surface area contributed by atoms with Gasteiger partial charge in [-0.1, -0.05) is 12.7 Å². The number of hydrogen-bond acceptors (Lipinski definition) is 2. The average Bonchev–Trinajstić information content (AvgIpc) is 1.85. The molecule has 0 unspecified atom stereocenters. The number of halogens is 3. The highest BCUT2D eigenvalue weighted by Gasteiger charge is 2.30. The third kappa shape index (κ3) is 3.70. The number of allylic oxidation sites excluding steroid dienone is 4. The Hall–Kier alpha value is -1.39. The summed E-state index contributed by atoms with van der Waals surface area (Å²) in [6.45, 7) is 2.97. The van der Waals surface area contributed by atoms with Gasteiger partial charge in [0.15, 0.2) is 5.88 Å². The molecule has 3 N–H and O–H groups in total. The average molecular weight is 179 g/mol. The molecule has 12 heavy (non-hydrogen) atoms. The molecular weight excluding hydrogens is 171 g/mol. The van der Waals surface area contributed by atoms with Gasteiger partial charge < -0.3 is 10.8 Å². The zero-order valence-electron chi connectivity index (χ0n) is 6.10. The summed E-state index contributed by atoms with van der Waals surface area (Å²) in [5.41, 5.74) is 3.75. The Kier molecular flexibility index (Phi) is 3.40. The molecule has 0 saturated carbocycles. The van der Waals surface area contributed by atoms with Crippen molar-refractivity contribution in [2.75, 3.05) is 0 Å². The minimum Gasteiger partial charge on any atom is -0.495 e. The standard InChI is InChI=1S/C7H8F3NO/c1-2-5(7(8,9)10)3-4-6(11)12/h2-4,12H,1,11H2/b5-3+,6-4+. The van der Waals surface area contributed by atoms with Crippen LogP contribution >= 0.6 is 0 Å². The van der Waals surface area contributed by atoms with E-state index in [1.54, 1.807) is 0 Å². The van der Waals surface area contributed by atoms with Gasteiger partial charge in [-0.25, -0.2) is 0 Å². The Balaban J connectivity index is 4.68. The van der Waals surface area contributed by atoms with Crippen LogP contribution in [0.25, 0.3) is 0 Å². The largest absolute Gasteiger partial charge is 0.495 e. The number of alkyl halides is 3. The second kappa shape index (κ2) is 3.85. The Morgan fingerprint density at radius 3 is 2.08 bits per heavy atom. The van der Waals surface area contributed by atoms with Gasteiger partial charge in [0.2, 0.25) is 0 Å². The molecule has 0 atom stereocenters. The van der Waals surface area contributed by atoms with Crippen LogP contribution in [-0.2, 0) is 0 Å².